The van der Waals surface area contributed by atoms with Crippen LogP contribution in [0.25, 0.3) is 0 Å². The highest BCUT2D eigenvalue weighted by molar-refractivity contribution is 7.10. The maximum atomic E-state index is 9.72. The van der Waals surface area contributed by atoms with Gasteiger partial charge < -0.3 is 10.4 Å². The van der Waals surface area contributed by atoms with Crippen LogP contribution in [-0.4, -0.2) is 18.3 Å². The molecule has 2 N–H and O–H groups in total. The molecule has 1 aromatic rings. The zero-order chi connectivity index (χ0) is 12.8. The second kappa shape index (κ2) is 6.69. The van der Waals surface area contributed by atoms with Crippen molar-refractivity contribution in [3.63, 3.8) is 0 Å². The van der Waals surface area contributed by atoms with E-state index in [2.05, 4.69) is 29.8 Å². The van der Waals surface area contributed by atoms with Crippen LogP contribution in [-0.2, 0) is 0 Å². The number of hydrogen-bond donors (Lipinski definition) is 2. The summed E-state index contributed by atoms with van der Waals surface area (Å²) in [5.74, 6) is 0. The van der Waals surface area contributed by atoms with E-state index in [1.54, 1.807) is 0 Å². The van der Waals surface area contributed by atoms with E-state index in [9.17, 15) is 5.11 Å². The van der Waals surface area contributed by atoms with Gasteiger partial charge in [0.2, 0.25) is 0 Å². The average Bonchev–Trinajstić information content (AvgIpc) is 2.95. The van der Waals surface area contributed by atoms with Crippen molar-refractivity contribution in [2.75, 3.05) is 13.2 Å². The lowest BCUT2D eigenvalue weighted by Crippen LogP contribution is -2.40. The molecule has 0 spiro atoms. The molecule has 1 aromatic heterocycles. The van der Waals surface area contributed by atoms with Crippen LogP contribution in [0.2, 0.25) is 0 Å². The monoisotopic (exact) mass is 267 g/mol. The first kappa shape index (κ1) is 14.0. The topological polar surface area (TPSA) is 32.3 Å². The summed E-state index contributed by atoms with van der Waals surface area (Å²) in [6.45, 7) is 3.52. The second-order valence-corrected chi connectivity index (χ2v) is 6.56. The molecule has 1 unspecified atom stereocenters. The Morgan fingerprint density at radius 2 is 2.17 bits per heavy atom. The van der Waals surface area contributed by atoms with E-state index >= 15 is 0 Å². The molecule has 1 aliphatic carbocycles. The molecular weight excluding hydrogens is 242 g/mol. The second-order valence-electron chi connectivity index (χ2n) is 5.58. The van der Waals surface area contributed by atoms with Gasteiger partial charge in [-0.15, -0.1) is 11.3 Å². The lowest BCUT2D eigenvalue weighted by molar-refractivity contribution is 0.0782. The Balaban J connectivity index is 1.92. The van der Waals surface area contributed by atoms with Crippen molar-refractivity contribution < 1.29 is 5.11 Å². The highest BCUT2D eigenvalue weighted by atomic mass is 32.1. The summed E-state index contributed by atoms with van der Waals surface area (Å²) in [5.41, 5.74) is 0.142. The van der Waals surface area contributed by atoms with Gasteiger partial charge in [-0.3, -0.25) is 0 Å². The van der Waals surface area contributed by atoms with E-state index in [1.165, 1.54) is 37.0 Å². The Morgan fingerprint density at radius 1 is 1.39 bits per heavy atom. The van der Waals surface area contributed by atoms with Crippen molar-refractivity contribution in [2.45, 2.75) is 51.5 Å². The van der Waals surface area contributed by atoms with Gasteiger partial charge in [-0.25, -0.2) is 0 Å². The van der Waals surface area contributed by atoms with Gasteiger partial charge in [0.15, 0.2) is 0 Å². The summed E-state index contributed by atoms with van der Waals surface area (Å²) in [7, 11) is 0. The van der Waals surface area contributed by atoms with Crippen molar-refractivity contribution in [1.82, 2.24) is 5.32 Å². The van der Waals surface area contributed by atoms with E-state index in [0.29, 0.717) is 12.6 Å². The Bertz CT molecular complexity index is 330. The number of aliphatic hydroxyl groups excluding tert-OH is 1. The minimum atomic E-state index is 0.142. The molecule has 1 aliphatic rings. The molecule has 1 heterocycles. The van der Waals surface area contributed by atoms with Crippen LogP contribution in [0.5, 0.6) is 0 Å². The zero-order valence-electron chi connectivity index (χ0n) is 11.3. The quantitative estimate of drug-likeness (QED) is 0.823. The van der Waals surface area contributed by atoms with Crippen molar-refractivity contribution in [3.8, 4) is 0 Å². The van der Waals surface area contributed by atoms with Crippen molar-refractivity contribution in [3.05, 3.63) is 22.4 Å². The molecule has 0 radical (unpaired) electrons. The third-order valence-electron chi connectivity index (χ3n) is 4.27. The first-order valence-electron chi connectivity index (χ1n) is 7.17. The predicted octanol–water partition coefficient (Wildman–Crippen LogP) is 3.73. The first-order valence-corrected chi connectivity index (χ1v) is 8.05. The van der Waals surface area contributed by atoms with Crippen LogP contribution in [0, 0.1) is 5.41 Å². The predicted molar refractivity (Wildman–Crippen MR) is 78.0 cm³/mol. The fourth-order valence-corrected chi connectivity index (χ4v) is 3.85. The normalized spacial score (nSPS) is 20.8. The molecule has 3 heteroatoms. The Labute approximate surface area is 114 Å². The van der Waals surface area contributed by atoms with Crippen molar-refractivity contribution in [2.24, 2.45) is 5.41 Å². The molecular formula is C15H25NOS. The average molecular weight is 267 g/mol. The molecule has 2 rings (SSSR count). The smallest absolute Gasteiger partial charge is 0.0499 e. The summed E-state index contributed by atoms with van der Waals surface area (Å²) in [4.78, 5) is 1.42. The Hall–Kier alpha value is -0.380. The van der Waals surface area contributed by atoms with Crippen molar-refractivity contribution >= 4 is 11.3 Å². The van der Waals surface area contributed by atoms with E-state index < -0.39 is 0 Å². The largest absolute Gasteiger partial charge is 0.396 e. The summed E-state index contributed by atoms with van der Waals surface area (Å²) in [6, 6.07) is 4.78. The number of hydrogen-bond acceptors (Lipinski definition) is 3. The molecule has 0 aliphatic heterocycles. The number of nitrogens with one attached hydrogen (secondary N) is 1. The van der Waals surface area contributed by atoms with E-state index in [1.807, 2.05) is 11.3 Å². The molecule has 18 heavy (non-hydrogen) atoms. The van der Waals surface area contributed by atoms with Crippen LogP contribution in [0.4, 0.5) is 0 Å². The summed E-state index contributed by atoms with van der Waals surface area (Å²) in [6.07, 6.45) is 7.36. The molecule has 0 bridgehead atoms. The molecule has 2 nitrogen and oxygen atoms in total. The molecule has 1 fully saturated rings. The SMILES string of the molecule is CCC(NCC1(CO)CCCCC1)c1cccs1. The van der Waals surface area contributed by atoms with E-state index in [0.717, 1.165) is 13.0 Å². The van der Waals surface area contributed by atoms with Crippen LogP contribution in [0.3, 0.4) is 0 Å². The molecule has 0 saturated heterocycles. The Kier molecular flexibility index (Phi) is 5.22. The minimum absolute atomic E-state index is 0.142. The zero-order valence-corrected chi connectivity index (χ0v) is 12.1. The number of rotatable bonds is 6. The molecule has 1 saturated carbocycles. The van der Waals surface area contributed by atoms with Gasteiger partial charge in [0.25, 0.3) is 0 Å². The van der Waals surface area contributed by atoms with Gasteiger partial charge in [0, 0.05) is 29.5 Å². The summed E-state index contributed by atoms with van der Waals surface area (Å²) >= 11 is 1.82. The third-order valence-corrected chi connectivity index (χ3v) is 5.25. The fraction of sp³-hybridized carbons (Fsp3) is 0.733. The van der Waals surface area contributed by atoms with E-state index in [4.69, 9.17) is 0 Å². The summed E-state index contributed by atoms with van der Waals surface area (Å²) < 4.78 is 0. The van der Waals surface area contributed by atoms with Gasteiger partial charge in [-0.05, 0) is 30.7 Å². The van der Waals surface area contributed by atoms with Crippen LogP contribution in [0.15, 0.2) is 17.5 Å². The van der Waals surface area contributed by atoms with Gasteiger partial charge in [-0.1, -0.05) is 32.3 Å². The third kappa shape index (κ3) is 3.34. The standard InChI is InChI=1S/C15H25NOS/c1-2-13(14-7-6-10-18-14)16-11-15(12-17)8-4-3-5-9-15/h6-7,10,13,16-17H,2-5,8-9,11-12H2,1H3. The van der Waals surface area contributed by atoms with Crippen LogP contribution < -0.4 is 5.32 Å². The highest BCUT2D eigenvalue weighted by Gasteiger charge is 2.31. The van der Waals surface area contributed by atoms with E-state index in [-0.39, 0.29) is 5.41 Å². The number of aliphatic hydroxyl groups is 1. The van der Waals surface area contributed by atoms with Gasteiger partial charge in [-0.2, -0.15) is 0 Å². The molecule has 0 aromatic carbocycles. The molecule has 0 amide bonds. The van der Waals surface area contributed by atoms with Gasteiger partial charge in [0.1, 0.15) is 0 Å². The minimum Gasteiger partial charge on any atom is -0.396 e. The maximum Gasteiger partial charge on any atom is 0.0499 e. The lowest BCUT2D eigenvalue weighted by Gasteiger charge is -2.37. The molecule has 102 valence electrons. The van der Waals surface area contributed by atoms with Crippen LogP contribution in [0.1, 0.15) is 56.4 Å². The summed E-state index contributed by atoms with van der Waals surface area (Å²) in [5, 5.41) is 15.5. The van der Waals surface area contributed by atoms with Gasteiger partial charge in [0.05, 0.1) is 0 Å². The molecule has 1 atom stereocenters. The van der Waals surface area contributed by atoms with Gasteiger partial charge >= 0.3 is 0 Å². The highest BCUT2D eigenvalue weighted by Crippen LogP contribution is 2.36. The maximum absolute atomic E-state index is 9.72. The number of thiophene rings is 1. The fourth-order valence-electron chi connectivity index (χ4n) is 2.97. The van der Waals surface area contributed by atoms with Crippen molar-refractivity contribution in [1.29, 1.82) is 0 Å². The lowest BCUT2D eigenvalue weighted by atomic mass is 9.74. The van der Waals surface area contributed by atoms with Crippen LogP contribution >= 0.6 is 11.3 Å². The Morgan fingerprint density at radius 3 is 2.72 bits per heavy atom. The first-order chi connectivity index (χ1) is 8.79.